The molecule has 0 aromatic heterocycles. The molecule has 0 bridgehead atoms. The Bertz CT molecular complexity index is 454. The van der Waals surface area contributed by atoms with Gasteiger partial charge in [0.05, 0.1) is 17.7 Å². The van der Waals surface area contributed by atoms with Crippen LogP contribution in [-0.2, 0) is 4.79 Å². The van der Waals surface area contributed by atoms with Gasteiger partial charge in [-0.25, -0.2) is 4.79 Å². The number of hydrogen-bond donors (Lipinski definition) is 2. The third kappa shape index (κ3) is 2.40. The fourth-order valence-corrected chi connectivity index (χ4v) is 1.47. The van der Waals surface area contributed by atoms with Crippen LogP contribution in [0.1, 0.15) is 5.56 Å². The number of carboxylic acids is 1. The average Bonchev–Trinajstić information content (AvgIpc) is 2.26. The summed E-state index contributed by atoms with van der Waals surface area (Å²) in [6.45, 7) is 0. The molecule has 6 heteroatoms. The fraction of sp³-hybridized carbons (Fsp3) is 0.100. The van der Waals surface area contributed by atoms with E-state index in [2.05, 4.69) is 0 Å². The summed E-state index contributed by atoms with van der Waals surface area (Å²) in [5.41, 5.74) is 0.0547. The quantitative estimate of drug-likeness (QED) is 0.650. The Morgan fingerprint density at radius 3 is 2.50 bits per heavy atom. The predicted molar refractivity (Wildman–Crippen MR) is 61.0 cm³/mol. The third-order valence-electron chi connectivity index (χ3n) is 1.83. The molecule has 4 nitrogen and oxygen atoms in total. The van der Waals surface area contributed by atoms with Crippen LogP contribution in [0.25, 0.3) is 5.76 Å². The minimum Gasteiger partial charge on any atom is -0.505 e. The molecule has 1 aromatic carbocycles. The molecule has 0 spiro atoms. The fourth-order valence-electron chi connectivity index (χ4n) is 1.12. The van der Waals surface area contributed by atoms with E-state index in [1.54, 1.807) is 6.07 Å². The lowest BCUT2D eigenvalue weighted by Gasteiger charge is -2.09. The maximum atomic E-state index is 10.6. The number of rotatable bonds is 3. The topological polar surface area (TPSA) is 66.8 Å². The molecular formula is C10H8Cl2O4. The number of aliphatic hydroxyl groups is 1. The maximum Gasteiger partial charge on any atom is 0.351 e. The number of aliphatic hydroxyl groups excluding tert-OH is 1. The number of ether oxygens (including phenoxy) is 1. The van der Waals surface area contributed by atoms with Gasteiger partial charge in [-0.05, 0) is 12.1 Å². The molecular weight excluding hydrogens is 255 g/mol. The van der Waals surface area contributed by atoms with E-state index in [0.29, 0.717) is 0 Å². The van der Waals surface area contributed by atoms with Crippen LogP contribution in [0.2, 0.25) is 5.02 Å². The molecule has 1 aromatic rings. The van der Waals surface area contributed by atoms with Crippen molar-refractivity contribution in [3.63, 3.8) is 0 Å². The van der Waals surface area contributed by atoms with E-state index in [0.717, 1.165) is 0 Å². The second-order valence-electron chi connectivity index (χ2n) is 2.78. The van der Waals surface area contributed by atoms with E-state index >= 15 is 0 Å². The summed E-state index contributed by atoms with van der Waals surface area (Å²) in [6, 6.07) is 4.62. The number of aliphatic carboxylic acids is 1. The van der Waals surface area contributed by atoms with Gasteiger partial charge in [0.2, 0.25) is 0 Å². The number of methoxy groups -OCH3 is 1. The minimum atomic E-state index is -1.44. The molecule has 2 N–H and O–H groups in total. The zero-order chi connectivity index (χ0) is 12.3. The van der Waals surface area contributed by atoms with Gasteiger partial charge < -0.3 is 14.9 Å². The first kappa shape index (κ1) is 12.7. The van der Waals surface area contributed by atoms with Gasteiger partial charge in [-0.1, -0.05) is 29.3 Å². The standard InChI is InChI=1S/C10H8Cl2O4/c1-16-6-4-2-3-5(11)7(6)9(13)8(12)10(14)15/h2-4,13H,1H3,(H,14,15)/b9-8+. The number of benzene rings is 1. The van der Waals surface area contributed by atoms with Crippen molar-refractivity contribution in [2.75, 3.05) is 7.11 Å². The van der Waals surface area contributed by atoms with Crippen LogP contribution < -0.4 is 4.74 Å². The highest BCUT2D eigenvalue weighted by molar-refractivity contribution is 6.44. The minimum absolute atomic E-state index is 0.0547. The van der Waals surface area contributed by atoms with Crippen LogP contribution >= 0.6 is 23.2 Å². The first-order valence-electron chi connectivity index (χ1n) is 4.14. The predicted octanol–water partition coefficient (Wildman–Crippen LogP) is 2.90. The smallest absolute Gasteiger partial charge is 0.351 e. The zero-order valence-corrected chi connectivity index (χ0v) is 9.71. The van der Waals surface area contributed by atoms with Crippen molar-refractivity contribution < 1.29 is 19.7 Å². The lowest BCUT2D eigenvalue weighted by molar-refractivity contribution is -0.131. The molecule has 0 saturated carbocycles. The van der Waals surface area contributed by atoms with Gasteiger partial charge in [0.1, 0.15) is 5.75 Å². The van der Waals surface area contributed by atoms with Crippen LogP contribution in [0.3, 0.4) is 0 Å². The van der Waals surface area contributed by atoms with E-state index in [1.165, 1.54) is 19.2 Å². The van der Waals surface area contributed by atoms with Crippen molar-refractivity contribution in [3.8, 4) is 5.75 Å². The van der Waals surface area contributed by atoms with Crippen molar-refractivity contribution in [2.24, 2.45) is 0 Å². The molecule has 0 saturated heterocycles. The highest BCUT2D eigenvalue weighted by Crippen LogP contribution is 2.33. The van der Waals surface area contributed by atoms with Gasteiger partial charge in [0, 0.05) is 0 Å². The van der Waals surface area contributed by atoms with Gasteiger partial charge in [0.25, 0.3) is 0 Å². The lowest BCUT2D eigenvalue weighted by Crippen LogP contribution is -2.00. The molecule has 0 unspecified atom stereocenters. The summed E-state index contributed by atoms with van der Waals surface area (Å²) in [6.07, 6.45) is 0. The van der Waals surface area contributed by atoms with E-state index < -0.39 is 16.8 Å². The molecule has 16 heavy (non-hydrogen) atoms. The molecule has 1 rings (SSSR count). The van der Waals surface area contributed by atoms with Crippen molar-refractivity contribution in [1.29, 1.82) is 0 Å². The van der Waals surface area contributed by atoms with Crippen LogP contribution in [0.4, 0.5) is 0 Å². The largest absolute Gasteiger partial charge is 0.505 e. The van der Waals surface area contributed by atoms with E-state index in [9.17, 15) is 9.90 Å². The SMILES string of the molecule is COc1cccc(Cl)c1/C(O)=C(\Cl)C(=O)O. The molecule has 0 fully saturated rings. The monoisotopic (exact) mass is 262 g/mol. The van der Waals surface area contributed by atoms with Crippen molar-refractivity contribution in [1.82, 2.24) is 0 Å². The van der Waals surface area contributed by atoms with E-state index in [4.69, 9.17) is 33.0 Å². The van der Waals surface area contributed by atoms with E-state index in [-0.39, 0.29) is 16.3 Å². The van der Waals surface area contributed by atoms with Gasteiger partial charge in [-0.3, -0.25) is 0 Å². The summed E-state index contributed by atoms with van der Waals surface area (Å²) in [4.78, 5) is 10.6. The maximum absolute atomic E-state index is 10.6. The second kappa shape index (κ2) is 5.09. The number of halogens is 2. The lowest BCUT2D eigenvalue weighted by atomic mass is 10.1. The average molecular weight is 263 g/mol. The van der Waals surface area contributed by atoms with E-state index in [1.807, 2.05) is 0 Å². The molecule has 0 aliphatic rings. The number of hydrogen-bond acceptors (Lipinski definition) is 3. The van der Waals surface area contributed by atoms with Crippen LogP contribution in [0, 0.1) is 0 Å². The molecule has 86 valence electrons. The molecule has 0 aliphatic heterocycles. The summed E-state index contributed by atoms with van der Waals surface area (Å²) in [5, 5.41) is 17.7. The Hall–Kier alpha value is -1.39. The first-order chi connectivity index (χ1) is 7.49. The summed E-state index contributed by atoms with van der Waals surface area (Å²) in [5.74, 6) is -1.83. The molecule has 0 heterocycles. The van der Waals surface area contributed by atoms with Gasteiger partial charge >= 0.3 is 5.97 Å². The van der Waals surface area contributed by atoms with Crippen molar-refractivity contribution in [2.45, 2.75) is 0 Å². The number of carboxylic acid groups (broad SMARTS) is 1. The molecule has 0 radical (unpaired) electrons. The van der Waals surface area contributed by atoms with Crippen molar-refractivity contribution in [3.05, 3.63) is 33.8 Å². The molecule has 0 amide bonds. The first-order valence-corrected chi connectivity index (χ1v) is 4.89. The third-order valence-corrected chi connectivity index (χ3v) is 2.48. The second-order valence-corrected chi connectivity index (χ2v) is 3.57. The Balaban J connectivity index is 3.43. The van der Waals surface area contributed by atoms with Crippen molar-refractivity contribution >= 4 is 34.9 Å². The Kier molecular flexibility index (Phi) is 4.04. The summed E-state index contributed by atoms with van der Waals surface area (Å²) < 4.78 is 4.95. The van der Waals surface area contributed by atoms with Crippen LogP contribution in [-0.4, -0.2) is 23.3 Å². The number of carbonyl (C=O) groups is 1. The zero-order valence-electron chi connectivity index (χ0n) is 8.20. The highest BCUT2D eigenvalue weighted by Gasteiger charge is 2.19. The van der Waals surface area contributed by atoms with Gasteiger partial charge in [0.15, 0.2) is 10.8 Å². The Labute approximate surface area is 102 Å². The normalized spacial score (nSPS) is 11.9. The Morgan fingerprint density at radius 2 is 2.00 bits per heavy atom. The van der Waals surface area contributed by atoms with Gasteiger partial charge in [-0.2, -0.15) is 0 Å². The molecule has 0 atom stereocenters. The molecule has 0 aliphatic carbocycles. The summed E-state index contributed by atoms with van der Waals surface area (Å²) in [7, 11) is 1.37. The van der Waals surface area contributed by atoms with Gasteiger partial charge in [-0.15, -0.1) is 0 Å². The Morgan fingerprint density at radius 1 is 1.38 bits per heavy atom. The van der Waals surface area contributed by atoms with Crippen LogP contribution in [0.15, 0.2) is 23.2 Å². The summed E-state index contributed by atoms with van der Waals surface area (Å²) >= 11 is 11.2. The van der Waals surface area contributed by atoms with Crippen LogP contribution in [0.5, 0.6) is 5.75 Å². The highest BCUT2D eigenvalue weighted by atomic mass is 35.5.